The van der Waals surface area contributed by atoms with Gasteiger partial charge in [0.05, 0.1) is 12.2 Å². The first-order chi connectivity index (χ1) is 5.57. The molecule has 1 rings (SSSR count). The van der Waals surface area contributed by atoms with Gasteiger partial charge < -0.3 is 14.9 Å². The summed E-state index contributed by atoms with van der Waals surface area (Å²) in [5, 5.41) is 19.1. The largest absolute Gasteiger partial charge is 0.390 e. The molecule has 3 heteroatoms. The van der Waals surface area contributed by atoms with Gasteiger partial charge in [-0.2, -0.15) is 0 Å². The van der Waals surface area contributed by atoms with Gasteiger partial charge in [-0.1, -0.05) is 13.8 Å². The van der Waals surface area contributed by atoms with Gasteiger partial charge >= 0.3 is 0 Å². The van der Waals surface area contributed by atoms with Crippen molar-refractivity contribution < 1.29 is 14.9 Å². The van der Waals surface area contributed by atoms with Crippen molar-refractivity contribution in [2.75, 3.05) is 7.11 Å². The van der Waals surface area contributed by atoms with Crippen LogP contribution in [0.2, 0.25) is 0 Å². The van der Waals surface area contributed by atoms with Crippen LogP contribution < -0.4 is 0 Å². The third kappa shape index (κ3) is 1.63. The van der Waals surface area contributed by atoms with Crippen molar-refractivity contribution >= 4 is 0 Å². The highest BCUT2D eigenvalue weighted by Gasteiger charge is 2.39. The van der Waals surface area contributed by atoms with Gasteiger partial charge in [0.2, 0.25) is 0 Å². The molecule has 5 atom stereocenters. The summed E-state index contributed by atoms with van der Waals surface area (Å²) >= 11 is 0. The van der Waals surface area contributed by atoms with E-state index >= 15 is 0 Å². The average Bonchev–Trinajstić information content (AvgIpc) is 2.08. The van der Waals surface area contributed by atoms with Gasteiger partial charge in [0.15, 0.2) is 0 Å². The van der Waals surface area contributed by atoms with Crippen LogP contribution in [0.15, 0.2) is 0 Å². The van der Waals surface area contributed by atoms with E-state index in [0.29, 0.717) is 5.92 Å². The van der Waals surface area contributed by atoms with E-state index in [9.17, 15) is 10.2 Å². The zero-order valence-corrected chi connectivity index (χ0v) is 7.90. The molecule has 0 heterocycles. The number of hydrogen-bond acceptors (Lipinski definition) is 3. The molecule has 0 aliphatic heterocycles. The molecule has 0 aromatic rings. The molecule has 0 aromatic heterocycles. The second-order valence-corrected chi connectivity index (χ2v) is 3.83. The first-order valence-corrected chi connectivity index (χ1v) is 4.46. The molecule has 5 unspecified atom stereocenters. The molecule has 0 bridgehead atoms. The van der Waals surface area contributed by atoms with E-state index in [1.807, 2.05) is 6.92 Å². The van der Waals surface area contributed by atoms with Crippen molar-refractivity contribution in [3.8, 4) is 0 Å². The van der Waals surface area contributed by atoms with E-state index < -0.39 is 12.2 Å². The number of rotatable bonds is 1. The highest BCUT2D eigenvalue weighted by Crippen LogP contribution is 2.31. The van der Waals surface area contributed by atoms with Crippen molar-refractivity contribution in [2.45, 2.75) is 38.6 Å². The van der Waals surface area contributed by atoms with Crippen molar-refractivity contribution in [2.24, 2.45) is 11.8 Å². The van der Waals surface area contributed by atoms with Crippen LogP contribution in [0, 0.1) is 11.8 Å². The summed E-state index contributed by atoms with van der Waals surface area (Å²) in [6.45, 7) is 4.04. The molecular formula is C9H18O3. The monoisotopic (exact) mass is 174 g/mol. The summed E-state index contributed by atoms with van der Waals surface area (Å²) < 4.78 is 5.08. The fourth-order valence-corrected chi connectivity index (χ4v) is 1.82. The number of aliphatic hydroxyl groups excluding tert-OH is 2. The lowest BCUT2D eigenvalue weighted by Gasteiger charge is -2.39. The lowest BCUT2D eigenvalue weighted by Crippen LogP contribution is -2.49. The number of hydrogen-bond donors (Lipinski definition) is 2. The Bertz CT molecular complexity index is 144. The van der Waals surface area contributed by atoms with E-state index in [0.717, 1.165) is 6.42 Å². The Labute approximate surface area is 73.4 Å². The molecule has 72 valence electrons. The molecule has 0 radical (unpaired) electrons. The molecule has 1 aliphatic rings. The Kier molecular flexibility index (Phi) is 3.09. The van der Waals surface area contributed by atoms with E-state index in [-0.39, 0.29) is 12.0 Å². The SMILES string of the molecule is COC1CC(C)C(C)C(O)C1O. The van der Waals surface area contributed by atoms with Crippen molar-refractivity contribution in [1.82, 2.24) is 0 Å². The molecule has 0 saturated heterocycles. The fourth-order valence-electron chi connectivity index (χ4n) is 1.82. The Morgan fingerprint density at radius 3 is 2.25 bits per heavy atom. The van der Waals surface area contributed by atoms with Crippen molar-refractivity contribution in [3.63, 3.8) is 0 Å². The second-order valence-electron chi connectivity index (χ2n) is 3.83. The molecule has 3 nitrogen and oxygen atoms in total. The second kappa shape index (κ2) is 3.73. The van der Waals surface area contributed by atoms with E-state index in [2.05, 4.69) is 6.92 Å². The highest BCUT2D eigenvalue weighted by atomic mass is 16.5. The number of aliphatic hydroxyl groups is 2. The van der Waals surface area contributed by atoms with Crippen molar-refractivity contribution in [1.29, 1.82) is 0 Å². The van der Waals surface area contributed by atoms with Gasteiger partial charge in [-0.3, -0.25) is 0 Å². The fraction of sp³-hybridized carbons (Fsp3) is 1.00. The lowest BCUT2D eigenvalue weighted by atomic mass is 9.76. The third-order valence-electron chi connectivity index (χ3n) is 3.07. The summed E-state index contributed by atoms with van der Waals surface area (Å²) in [6, 6.07) is 0. The first kappa shape index (κ1) is 9.96. The molecule has 2 N–H and O–H groups in total. The Balaban J connectivity index is 2.63. The predicted octanol–water partition coefficient (Wildman–Crippen LogP) is 0.399. The van der Waals surface area contributed by atoms with E-state index in [4.69, 9.17) is 4.74 Å². The summed E-state index contributed by atoms with van der Waals surface area (Å²) in [5.74, 6) is 0.569. The maximum Gasteiger partial charge on any atom is 0.106 e. The summed E-state index contributed by atoms with van der Waals surface area (Å²) in [6.07, 6.45) is -0.735. The van der Waals surface area contributed by atoms with Crippen LogP contribution in [0.25, 0.3) is 0 Å². The average molecular weight is 174 g/mol. The van der Waals surface area contributed by atoms with Crippen LogP contribution in [-0.2, 0) is 4.74 Å². The van der Waals surface area contributed by atoms with Crippen LogP contribution in [-0.4, -0.2) is 35.6 Å². The maximum absolute atomic E-state index is 9.59. The van der Waals surface area contributed by atoms with Gasteiger partial charge in [0, 0.05) is 7.11 Å². The molecule has 0 aromatic carbocycles. The Morgan fingerprint density at radius 1 is 1.17 bits per heavy atom. The lowest BCUT2D eigenvalue weighted by molar-refractivity contribution is -0.134. The molecule has 0 spiro atoms. The van der Waals surface area contributed by atoms with Gasteiger partial charge in [0.1, 0.15) is 6.10 Å². The predicted molar refractivity (Wildman–Crippen MR) is 45.8 cm³/mol. The van der Waals surface area contributed by atoms with Gasteiger partial charge in [-0.15, -0.1) is 0 Å². The van der Waals surface area contributed by atoms with E-state index in [1.165, 1.54) is 0 Å². The minimum atomic E-state index is -0.721. The normalized spacial score (nSPS) is 49.2. The van der Waals surface area contributed by atoms with Gasteiger partial charge in [-0.25, -0.2) is 0 Å². The summed E-state index contributed by atoms with van der Waals surface area (Å²) in [5.41, 5.74) is 0. The first-order valence-electron chi connectivity index (χ1n) is 4.46. The number of ether oxygens (including phenoxy) is 1. The summed E-state index contributed by atoms with van der Waals surface area (Å²) in [4.78, 5) is 0. The third-order valence-corrected chi connectivity index (χ3v) is 3.07. The van der Waals surface area contributed by atoms with Crippen LogP contribution in [0.3, 0.4) is 0 Å². The molecule has 0 amide bonds. The van der Waals surface area contributed by atoms with E-state index in [1.54, 1.807) is 7.11 Å². The minimum Gasteiger partial charge on any atom is -0.390 e. The van der Waals surface area contributed by atoms with Crippen LogP contribution in [0.5, 0.6) is 0 Å². The maximum atomic E-state index is 9.59. The Hall–Kier alpha value is -0.120. The molecule has 1 aliphatic carbocycles. The van der Waals surface area contributed by atoms with Gasteiger partial charge in [0.25, 0.3) is 0 Å². The van der Waals surface area contributed by atoms with Crippen molar-refractivity contribution in [3.05, 3.63) is 0 Å². The zero-order chi connectivity index (χ0) is 9.30. The molecule has 1 fully saturated rings. The number of methoxy groups -OCH3 is 1. The standard InChI is InChI=1S/C9H18O3/c1-5-4-7(12-3)9(11)8(10)6(5)2/h5-11H,4H2,1-3H3. The van der Waals surface area contributed by atoms with Crippen LogP contribution >= 0.6 is 0 Å². The molecular weight excluding hydrogens is 156 g/mol. The van der Waals surface area contributed by atoms with Gasteiger partial charge in [-0.05, 0) is 18.3 Å². The Morgan fingerprint density at radius 2 is 1.75 bits per heavy atom. The topological polar surface area (TPSA) is 49.7 Å². The quantitative estimate of drug-likeness (QED) is 0.605. The summed E-state index contributed by atoms with van der Waals surface area (Å²) in [7, 11) is 1.57. The molecule has 12 heavy (non-hydrogen) atoms. The molecule has 1 saturated carbocycles. The smallest absolute Gasteiger partial charge is 0.106 e. The minimum absolute atomic E-state index is 0.159. The highest BCUT2D eigenvalue weighted by molar-refractivity contribution is 4.89. The van der Waals surface area contributed by atoms with Crippen LogP contribution in [0.1, 0.15) is 20.3 Å². The zero-order valence-electron chi connectivity index (χ0n) is 7.90. The van der Waals surface area contributed by atoms with Crippen LogP contribution in [0.4, 0.5) is 0 Å².